The Bertz CT molecular complexity index is 267. The van der Waals surface area contributed by atoms with Crippen LogP contribution in [0.25, 0.3) is 0 Å². The van der Waals surface area contributed by atoms with Crippen LogP contribution in [-0.2, 0) is 0 Å². The third-order valence-electron chi connectivity index (χ3n) is 5.39. The Morgan fingerprint density at radius 1 is 1.11 bits per heavy atom. The van der Waals surface area contributed by atoms with Gasteiger partial charge in [-0.05, 0) is 56.4 Å². The maximum Gasteiger partial charge on any atom is 0.0580 e. The summed E-state index contributed by atoms with van der Waals surface area (Å²) in [7, 11) is 2.25. The molecule has 0 heterocycles. The van der Waals surface area contributed by atoms with Crippen LogP contribution < -0.4 is 0 Å². The maximum absolute atomic E-state index is 10.2. The molecular weight excluding hydrogens is 222 g/mol. The molecule has 2 aliphatic rings. The predicted octanol–water partition coefficient (Wildman–Crippen LogP) is 3.29. The minimum Gasteiger partial charge on any atom is -0.393 e. The molecule has 0 saturated heterocycles. The Labute approximate surface area is 113 Å². The van der Waals surface area contributed by atoms with Crippen LogP contribution in [0.3, 0.4) is 0 Å². The smallest absolute Gasteiger partial charge is 0.0580 e. The van der Waals surface area contributed by atoms with Crippen LogP contribution in [0.5, 0.6) is 0 Å². The summed E-state index contributed by atoms with van der Waals surface area (Å²) in [5.41, 5.74) is 0.396. The van der Waals surface area contributed by atoms with Gasteiger partial charge < -0.3 is 10.0 Å². The predicted molar refractivity (Wildman–Crippen MR) is 76.6 cm³/mol. The monoisotopic (exact) mass is 253 g/mol. The number of hydrogen-bond donors (Lipinski definition) is 1. The molecule has 0 amide bonds. The second kappa shape index (κ2) is 5.50. The fraction of sp³-hybridized carbons (Fsp3) is 1.00. The molecule has 0 aromatic rings. The van der Waals surface area contributed by atoms with E-state index in [2.05, 4.69) is 32.7 Å². The summed E-state index contributed by atoms with van der Waals surface area (Å²) in [6, 6.07) is 0.798. The number of nitrogens with zero attached hydrogens (tertiary/aromatic N) is 1. The highest BCUT2D eigenvalue weighted by atomic mass is 16.3. The van der Waals surface area contributed by atoms with E-state index in [0.717, 1.165) is 24.9 Å². The van der Waals surface area contributed by atoms with Crippen molar-refractivity contribution in [2.75, 3.05) is 13.6 Å². The van der Waals surface area contributed by atoms with Gasteiger partial charge in [-0.15, -0.1) is 0 Å². The van der Waals surface area contributed by atoms with Crippen LogP contribution in [0.1, 0.15) is 59.3 Å². The standard InChI is InChI=1S/C16H31NO/c1-16(2,3)13-8-9-15(18)12(10-13)11-17(4)14-6-5-7-14/h12-15,18H,5-11H2,1-4H3. The van der Waals surface area contributed by atoms with Gasteiger partial charge in [-0.1, -0.05) is 27.2 Å². The molecule has 0 aromatic heterocycles. The SMILES string of the molecule is CN(CC1CC(C(C)(C)C)CCC1O)C1CCC1. The quantitative estimate of drug-likeness (QED) is 0.834. The first kappa shape index (κ1) is 14.3. The highest BCUT2D eigenvalue weighted by Gasteiger charge is 2.36. The van der Waals surface area contributed by atoms with Gasteiger partial charge in [-0.3, -0.25) is 0 Å². The zero-order chi connectivity index (χ0) is 13.3. The van der Waals surface area contributed by atoms with Crippen LogP contribution in [0.2, 0.25) is 0 Å². The lowest BCUT2D eigenvalue weighted by molar-refractivity contribution is -0.00422. The van der Waals surface area contributed by atoms with Gasteiger partial charge in [0, 0.05) is 12.6 Å². The fourth-order valence-electron chi connectivity index (χ4n) is 3.58. The summed E-state index contributed by atoms with van der Waals surface area (Å²) >= 11 is 0. The Morgan fingerprint density at radius 3 is 2.28 bits per heavy atom. The first-order valence-corrected chi connectivity index (χ1v) is 7.76. The summed E-state index contributed by atoms with van der Waals surface area (Å²) in [5, 5.41) is 10.2. The molecule has 3 unspecified atom stereocenters. The van der Waals surface area contributed by atoms with Crippen molar-refractivity contribution >= 4 is 0 Å². The Kier molecular flexibility index (Phi) is 4.38. The van der Waals surface area contributed by atoms with Gasteiger partial charge in [0.25, 0.3) is 0 Å². The highest BCUT2D eigenvalue weighted by molar-refractivity contribution is 4.88. The van der Waals surface area contributed by atoms with Crippen molar-refractivity contribution in [3.8, 4) is 0 Å². The average molecular weight is 253 g/mol. The second-order valence-electron chi connectivity index (χ2n) is 7.73. The van der Waals surface area contributed by atoms with Crippen LogP contribution >= 0.6 is 0 Å². The number of rotatable bonds is 3. The summed E-state index contributed by atoms with van der Waals surface area (Å²) in [6.45, 7) is 8.14. The molecule has 2 saturated carbocycles. The van der Waals surface area contributed by atoms with E-state index in [0.29, 0.717) is 11.3 Å². The minimum absolute atomic E-state index is 0.0638. The van der Waals surface area contributed by atoms with Crippen molar-refractivity contribution in [1.82, 2.24) is 4.90 Å². The summed E-state index contributed by atoms with van der Waals surface area (Å²) in [5.74, 6) is 1.27. The van der Waals surface area contributed by atoms with Gasteiger partial charge >= 0.3 is 0 Å². The van der Waals surface area contributed by atoms with E-state index >= 15 is 0 Å². The molecule has 0 radical (unpaired) electrons. The highest BCUT2D eigenvalue weighted by Crippen LogP contribution is 2.41. The third kappa shape index (κ3) is 3.27. The maximum atomic E-state index is 10.2. The van der Waals surface area contributed by atoms with Crippen molar-refractivity contribution in [3.63, 3.8) is 0 Å². The minimum atomic E-state index is -0.0638. The number of aliphatic hydroxyl groups is 1. The molecule has 0 aromatic carbocycles. The van der Waals surface area contributed by atoms with Gasteiger partial charge in [-0.2, -0.15) is 0 Å². The molecular formula is C16H31NO. The number of aliphatic hydroxyl groups excluding tert-OH is 1. The van der Waals surface area contributed by atoms with E-state index in [-0.39, 0.29) is 6.10 Å². The van der Waals surface area contributed by atoms with Crippen molar-refractivity contribution in [1.29, 1.82) is 0 Å². The van der Waals surface area contributed by atoms with Gasteiger partial charge in [0.1, 0.15) is 0 Å². The Hall–Kier alpha value is -0.0800. The lowest BCUT2D eigenvalue weighted by atomic mass is 9.68. The van der Waals surface area contributed by atoms with Crippen molar-refractivity contribution in [2.24, 2.45) is 17.3 Å². The van der Waals surface area contributed by atoms with Gasteiger partial charge in [0.2, 0.25) is 0 Å². The van der Waals surface area contributed by atoms with Gasteiger partial charge in [0.05, 0.1) is 6.10 Å². The van der Waals surface area contributed by atoms with E-state index in [1.165, 1.54) is 32.1 Å². The molecule has 2 heteroatoms. The van der Waals surface area contributed by atoms with E-state index in [1.54, 1.807) is 0 Å². The lowest BCUT2D eigenvalue weighted by Gasteiger charge is -2.43. The second-order valence-corrected chi connectivity index (χ2v) is 7.73. The molecule has 0 aliphatic heterocycles. The summed E-state index contributed by atoms with van der Waals surface area (Å²) in [6.07, 6.45) is 7.48. The molecule has 2 aliphatic carbocycles. The summed E-state index contributed by atoms with van der Waals surface area (Å²) < 4.78 is 0. The topological polar surface area (TPSA) is 23.5 Å². The van der Waals surface area contributed by atoms with E-state index in [1.807, 2.05) is 0 Å². The lowest BCUT2D eigenvalue weighted by Crippen LogP contribution is -2.45. The Balaban J connectivity index is 1.88. The zero-order valence-electron chi connectivity index (χ0n) is 12.7. The first-order valence-electron chi connectivity index (χ1n) is 7.76. The van der Waals surface area contributed by atoms with E-state index in [4.69, 9.17) is 0 Å². The molecule has 106 valence electrons. The first-order chi connectivity index (χ1) is 8.38. The number of hydrogen-bond acceptors (Lipinski definition) is 2. The zero-order valence-corrected chi connectivity index (χ0v) is 12.7. The average Bonchev–Trinajstić information content (AvgIpc) is 2.16. The molecule has 0 bridgehead atoms. The van der Waals surface area contributed by atoms with Crippen molar-refractivity contribution in [3.05, 3.63) is 0 Å². The van der Waals surface area contributed by atoms with Crippen LogP contribution in [0, 0.1) is 17.3 Å². The van der Waals surface area contributed by atoms with Crippen LogP contribution in [0.4, 0.5) is 0 Å². The summed E-state index contributed by atoms with van der Waals surface area (Å²) in [4.78, 5) is 2.50. The van der Waals surface area contributed by atoms with E-state index < -0.39 is 0 Å². The molecule has 1 N–H and O–H groups in total. The molecule has 3 atom stereocenters. The Morgan fingerprint density at radius 2 is 1.78 bits per heavy atom. The fourth-order valence-corrected chi connectivity index (χ4v) is 3.58. The van der Waals surface area contributed by atoms with Gasteiger partial charge in [0.15, 0.2) is 0 Å². The van der Waals surface area contributed by atoms with Crippen molar-refractivity contribution < 1.29 is 5.11 Å². The molecule has 18 heavy (non-hydrogen) atoms. The molecule has 2 rings (SSSR count). The molecule has 2 fully saturated rings. The largest absolute Gasteiger partial charge is 0.393 e. The van der Waals surface area contributed by atoms with Crippen molar-refractivity contribution in [2.45, 2.75) is 71.4 Å². The third-order valence-corrected chi connectivity index (χ3v) is 5.39. The van der Waals surface area contributed by atoms with Crippen LogP contribution in [-0.4, -0.2) is 35.7 Å². The van der Waals surface area contributed by atoms with Crippen LogP contribution in [0.15, 0.2) is 0 Å². The van der Waals surface area contributed by atoms with Gasteiger partial charge in [-0.25, -0.2) is 0 Å². The molecule has 0 spiro atoms. The normalized spacial score (nSPS) is 34.7. The molecule has 2 nitrogen and oxygen atoms in total. The van der Waals surface area contributed by atoms with E-state index in [9.17, 15) is 5.11 Å².